The summed E-state index contributed by atoms with van der Waals surface area (Å²) in [5, 5.41) is 7.04. The van der Waals surface area contributed by atoms with Crippen LogP contribution in [0.25, 0.3) is 0 Å². The molecule has 0 saturated heterocycles. The minimum atomic E-state index is 0.675. The lowest BCUT2D eigenvalue weighted by Crippen LogP contribution is -2.29. The monoisotopic (exact) mass is 300 g/mol. The van der Waals surface area contributed by atoms with Crippen molar-refractivity contribution in [2.75, 3.05) is 11.9 Å². The minimum absolute atomic E-state index is 0.675. The van der Waals surface area contributed by atoms with Crippen LogP contribution >= 0.6 is 28.1 Å². The van der Waals surface area contributed by atoms with Crippen molar-refractivity contribution in [1.82, 2.24) is 5.32 Å². The molecule has 1 rings (SSSR count). The van der Waals surface area contributed by atoms with Crippen molar-refractivity contribution in [2.45, 2.75) is 27.2 Å². The number of hydrogen-bond donors (Lipinski definition) is 2. The molecule has 4 heteroatoms. The Bertz CT molecular complexity index is 368. The summed E-state index contributed by atoms with van der Waals surface area (Å²) in [6, 6.07) is 4.22. The van der Waals surface area contributed by atoms with E-state index in [4.69, 9.17) is 12.2 Å². The lowest BCUT2D eigenvalue weighted by molar-refractivity contribution is 0.846. The van der Waals surface area contributed by atoms with Gasteiger partial charge in [-0.25, -0.2) is 0 Å². The highest BCUT2D eigenvalue weighted by Gasteiger charge is 2.06. The summed E-state index contributed by atoms with van der Waals surface area (Å²) in [5.74, 6) is 0. The number of hydrogen-bond acceptors (Lipinski definition) is 1. The van der Waals surface area contributed by atoms with Gasteiger partial charge in [-0.3, -0.25) is 0 Å². The quantitative estimate of drug-likeness (QED) is 0.831. The minimum Gasteiger partial charge on any atom is -0.362 e. The Kier molecular flexibility index (Phi) is 5.22. The Balaban J connectivity index is 2.77. The zero-order valence-corrected chi connectivity index (χ0v) is 12.3. The predicted octanol–water partition coefficient (Wildman–Crippen LogP) is 3.76. The van der Waals surface area contributed by atoms with E-state index >= 15 is 0 Å². The maximum Gasteiger partial charge on any atom is 0.170 e. The van der Waals surface area contributed by atoms with E-state index < -0.39 is 0 Å². The van der Waals surface area contributed by atoms with Crippen LogP contribution < -0.4 is 10.6 Å². The number of aryl methyl sites for hydroxylation is 2. The first kappa shape index (κ1) is 13.5. The number of anilines is 1. The van der Waals surface area contributed by atoms with Crippen molar-refractivity contribution >= 4 is 38.9 Å². The summed E-state index contributed by atoms with van der Waals surface area (Å²) in [6.07, 6.45) is 1.07. The molecule has 88 valence electrons. The van der Waals surface area contributed by atoms with Crippen molar-refractivity contribution in [3.63, 3.8) is 0 Å². The summed E-state index contributed by atoms with van der Waals surface area (Å²) in [5.41, 5.74) is 3.47. The maximum atomic E-state index is 5.21. The van der Waals surface area contributed by atoms with Gasteiger partial charge in [0.1, 0.15) is 0 Å². The molecule has 2 N–H and O–H groups in total. The summed E-state index contributed by atoms with van der Waals surface area (Å²) >= 11 is 8.76. The first-order chi connectivity index (χ1) is 7.54. The average molecular weight is 301 g/mol. The average Bonchev–Trinajstić information content (AvgIpc) is 2.20. The summed E-state index contributed by atoms with van der Waals surface area (Å²) in [6.45, 7) is 7.16. The third-order valence-electron chi connectivity index (χ3n) is 2.21. The normalized spacial score (nSPS) is 10.0. The first-order valence-corrected chi connectivity index (χ1v) is 6.56. The summed E-state index contributed by atoms with van der Waals surface area (Å²) < 4.78 is 1.05. The molecule has 0 aliphatic rings. The van der Waals surface area contributed by atoms with Crippen LogP contribution in [0.5, 0.6) is 0 Å². The maximum absolute atomic E-state index is 5.21. The first-order valence-electron chi connectivity index (χ1n) is 5.36. The Morgan fingerprint density at radius 1 is 1.38 bits per heavy atom. The number of benzene rings is 1. The molecular weight excluding hydrogens is 284 g/mol. The Labute approximate surface area is 111 Å². The second-order valence-corrected chi connectivity index (χ2v) is 5.08. The fourth-order valence-electron chi connectivity index (χ4n) is 1.47. The number of rotatable bonds is 3. The highest BCUT2D eigenvalue weighted by atomic mass is 79.9. The number of halogens is 1. The lowest BCUT2D eigenvalue weighted by atomic mass is 10.1. The van der Waals surface area contributed by atoms with Gasteiger partial charge >= 0.3 is 0 Å². The van der Waals surface area contributed by atoms with Gasteiger partial charge in [0, 0.05) is 11.0 Å². The molecule has 1 aromatic carbocycles. The highest BCUT2D eigenvalue weighted by molar-refractivity contribution is 9.10. The van der Waals surface area contributed by atoms with Gasteiger partial charge in [-0.1, -0.05) is 13.0 Å². The van der Waals surface area contributed by atoms with Crippen LogP contribution in [-0.2, 0) is 0 Å². The van der Waals surface area contributed by atoms with Gasteiger partial charge < -0.3 is 10.6 Å². The standard InChI is InChI=1S/C12H17BrN2S/c1-4-5-14-12(16)15-11-9(3)6-8(2)7-10(11)13/h6-7H,4-5H2,1-3H3,(H2,14,15,16). The molecule has 0 atom stereocenters. The molecule has 0 aliphatic heterocycles. The van der Waals surface area contributed by atoms with Gasteiger partial charge in [0.25, 0.3) is 0 Å². The molecule has 0 unspecified atom stereocenters. The van der Waals surface area contributed by atoms with Gasteiger partial charge in [-0.05, 0) is 65.6 Å². The van der Waals surface area contributed by atoms with Crippen molar-refractivity contribution in [3.05, 3.63) is 27.7 Å². The van der Waals surface area contributed by atoms with Crippen molar-refractivity contribution < 1.29 is 0 Å². The molecule has 0 spiro atoms. The van der Waals surface area contributed by atoms with Crippen LogP contribution in [0.3, 0.4) is 0 Å². The number of nitrogens with one attached hydrogen (secondary N) is 2. The second kappa shape index (κ2) is 6.21. The summed E-state index contributed by atoms with van der Waals surface area (Å²) in [4.78, 5) is 0. The van der Waals surface area contributed by atoms with Gasteiger partial charge in [0.05, 0.1) is 5.69 Å². The largest absolute Gasteiger partial charge is 0.362 e. The van der Waals surface area contributed by atoms with Gasteiger partial charge in [0.15, 0.2) is 5.11 Å². The molecule has 1 aromatic rings. The fourth-order valence-corrected chi connectivity index (χ4v) is 2.45. The van der Waals surface area contributed by atoms with Crippen LogP contribution in [0.15, 0.2) is 16.6 Å². The topological polar surface area (TPSA) is 24.1 Å². The molecule has 0 aliphatic carbocycles. The van der Waals surface area contributed by atoms with E-state index in [1.807, 2.05) is 0 Å². The Morgan fingerprint density at radius 3 is 2.62 bits per heavy atom. The molecule has 0 bridgehead atoms. The van der Waals surface area contributed by atoms with Gasteiger partial charge in [0.2, 0.25) is 0 Å². The lowest BCUT2D eigenvalue weighted by Gasteiger charge is -2.14. The highest BCUT2D eigenvalue weighted by Crippen LogP contribution is 2.27. The Hall–Kier alpha value is -0.610. The van der Waals surface area contributed by atoms with E-state index in [0.717, 1.165) is 23.1 Å². The van der Waals surface area contributed by atoms with E-state index in [0.29, 0.717) is 5.11 Å². The summed E-state index contributed by atoms with van der Waals surface area (Å²) in [7, 11) is 0. The van der Waals surface area contributed by atoms with Gasteiger partial charge in [-0.2, -0.15) is 0 Å². The molecule has 0 fully saturated rings. The SMILES string of the molecule is CCCNC(=S)Nc1c(C)cc(C)cc1Br. The molecule has 0 saturated carbocycles. The second-order valence-electron chi connectivity index (χ2n) is 3.82. The molecule has 2 nitrogen and oxygen atoms in total. The smallest absolute Gasteiger partial charge is 0.170 e. The van der Waals surface area contributed by atoms with Gasteiger partial charge in [-0.15, -0.1) is 0 Å². The zero-order valence-electron chi connectivity index (χ0n) is 9.86. The Morgan fingerprint density at radius 2 is 2.06 bits per heavy atom. The van der Waals surface area contributed by atoms with Crippen LogP contribution in [0.4, 0.5) is 5.69 Å². The van der Waals surface area contributed by atoms with E-state index in [2.05, 4.69) is 59.5 Å². The third-order valence-corrected chi connectivity index (χ3v) is 3.08. The zero-order chi connectivity index (χ0) is 12.1. The van der Waals surface area contributed by atoms with E-state index in [9.17, 15) is 0 Å². The van der Waals surface area contributed by atoms with Crippen LogP contribution in [0, 0.1) is 13.8 Å². The van der Waals surface area contributed by atoms with E-state index in [-0.39, 0.29) is 0 Å². The molecule has 0 radical (unpaired) electrons. The predicted molar refractivity (Wildman–Crippen MR) is 78.1 cm³/mol. The van der Waals surface area contributed by atoms with Crippen molar-refractivity contribution in [3.8, 4) is 0 Å². The molecule has 0 heterocycles. The number of thiocarbonyl (C=S) groups is 1. The molecule has 0 aromatic heterocycles. The van der Waals surface area contributed by atoms with Crippen molar-refractivity contribution in [2.24, 2.45) is 0 Å². The van der Waals surface area contributed by atoms with Crippen molar-refractivity contribution in [1.29, 1.82) is 0 Å². The molecule has 0 amide bonds. The molecular formula is C12H17BrN2S. The van der Waals surface area contributed by atoms with E-state index in [1.165, 1.54) is 11.1 Å². The third kappa shape index (κ3) is 3.76. The van der Waals surface area contributed by atoms with Crippen LogP contribution in [-0.4, -0.2) is 11.7 Å². The molecule has 16 heavy (non-hydrogen) atoms. The van der Waals surface area contributed by atoms with E-state index in [1.54, 1.807) is 0 Å². The fraction of sp³-hybridized carbons (Fsp3) is 0.417. The van der Waals surface area contributed by atoms with Crippen LogP contribution in [0.1, 0.15) is 24.5 Å². The van der Waals surface area contributed by atoms with Crippen LogP contribution in [0.2, 0.25) is 0 Å².